The Morgan fingerprint density at radius 1 is 1.29 bits per heavy atom. The zero-order valence-corrected chi connectivity index (χ0v) is 8.23. The first kappa shape index (κ1) is 8.74. The van der Waals surface area contributed by atoms with Crippen molar-refractivity contribution in [2.45, 2.75) is 0 Å². The van der Waals surface area contributed by atoms with Crippen LogP contribution in [0.3, 0.4) is 0 Å². The van der Waals surface area contributed by atoms with Gasteiger partial charge in [-0.1, -0.05) is 12.1 Å². The van der Waals surface area contributed by atoms with Gasteiger partial charge in [0.05, 0.1) is 0 Å². The highest BCUT2D eigenvalue weighted by molar-refractivity contribution is 5.73. The first-order chi connectivity index (χ1) is 6.83. The largest absolute Gasteiger partial charge is 0.388 e. The smallest absolute Gasteiger partial charge is 0.159 e. The Labute approximate surface area is 82.6 Å². The summed E-state index contributed by atoms with van der Waals surface area (Å²) in [6.45, 7) is 0. The quantitative estimate of drug-likeness (QED) is 0.777. The van der Waals surface area contributed by atoms with Gasteiger partial charge < -0.3 is 5.32 Å². The van der Waals surface area contributed by atoms with Gasteiger partial charge >= 0.3 is 0 Å². The first-order valence-electron chi connectivity index (χ1n) is 4.44. The molecule has 0 spiro atoms. The van der Waals surface area contributed by atoms with E-state index in [2.05, 4.69) is 15.4 Å². The average Bonchev–Trinajstić information content (AvgIpc) is 2.64. The van der Waals surface area contributed by atoms with Crippen LogP contribution in [0.25, 0.3) is 11.4 Å². The standard InChI is InChI=1S/C10H12N4/c1-11-9-6-4-3-5-8(9)10-12-7-13-14(10)2/h3-7,11H,1-2H3. The highest BCUT2D eigenvalue weighted by atomic mass is 15.3. The first-order valence-corrected chi connectivity index (χ1v) is 4.44. The second-order valence-electron chi connectivity index (χ2n) is 3.00. The lowest BCUT2D eigenvalue weighted by Crippen LogP contribution is -1.98. The van der Waals surface area contributed by atoms with E-state index < -0.39 is 0 Å². The molecule has 0 radical (unpaired) electrons. The molecule has 0 bridgehead atoms. The number of rotatable bonds is 2. The molecule has 0 unspecified atom stereocenters. The van der Waals surface area contributed by atoms with Gasteiger partial charge in [0.1, 0.15) is 6.33 Å². The van der Waals surface area contributed by atoms with Crippen LogP contribution in [0, 0.1) is 0 Å². The van der Waals surface area contributed by atoms with Crippen molar-refractivity contribution >= 4 is 5.69 Å². The topological polar surface area (TPSA) is 42.7 Å². The van der Waals surface area contributed by atoms with Crippen LogP contribution in [0.2, 0.25) is 0 Å². The summed E-state index contributed by atoms with van der Waals surface area (Å²) in [5.41, 5.74) is 2.12. The number of nitrogens with one attached hydrogen (secondary N) is 1. The van der Waals surface area contributed by atoms with Crippen molar-refractivity contribution in [2.75, 3.05) is 12.4 Å². The van der Waals surface area contributed by atoms with Crippen molar-refractivity contribution in [3.8, 4) is 11.4 Å². The molecule has 0 saturated heterocycles. The van der Waals surface area contributed by atoms with Crippen molar-refractivity contribution in [3.05, 3.63) is 30.6 Å². The van der Waals surface area contributed by atoms with Crippen LogP contribution < -0.4 is 5.32 Å². The van der Waals surface area contributed by atoms with Gasteiger partial charge in [-0.2, -0.15) is 5.10 Å². The van der Waals surface area contributed by atoms with E-state index in [1.54, 1.807) is 11.0 Å². The monoisotopic (exact) mass is 188 g/mol. The lowest BCUT2D eigenvalue weighted by atomic mass is 10.1. The third-order valence-electron chi connectivity index (χ3n) is 2.15. The van der Waals surface area contributed by atoms with E-state index in [1.165, 1.54) is 0 Å². The molecule has 0 aliphatic carbocycles. The minimum absolute atomic E-state index is 0.870. The fraction of sp³-hybridized carbons (Fsp3) is 0.200. The zero-order chi connectivity index (χ0) is 9.97. The minimum Gasteiger partial charge on any atom is -0.388 e. The van der Waals surface area contributed by atoms with Gasteiger partial charge in [-0.15, -0.1) is 0 Å². The number of nitrogens with zero attached hydrogens (tertiary/aromatic N) is 3. The molecule has 0 aliphatic heterocycles. The third-order valence-corrected chi connectivity index (χ3v) is 2.15. The zero-order valence-electron chi connectivity index (χ0n) is 8.23. The molecule has 2 aromatic rings. The molecule has 1 aromatic carbocycles. The number of hydrogen-bond acceptors (Lipinski definition) is 3. The van der Waals surface area contributed by atoms with Gasteiger partial charge in [0.2, 0.25) is 0 Å². The molecule has 0 fully saturated rings. The maximum absolute atomic E-state index is 4.21. The highest BCUT2D eigenvalue weighted by Gasteiger charge is 2.07. The van der Waals surface area contributed by atoms with Gasteiger partial charge in [-0.25, -0.2) is 9.67 Å². The maximum Gasteiger partial charge on any atom is 0.159 e. The van der Waals surface area contributed by atoms with Crippen LogP contribution in [-0.2, 0) is 7.05 Å². The number of hydrogen-bond donors (Lipinski definition) is 1. The summed E-state index contributed by atoms with van der Waals surface area (Å²) in [6, 6.07) is 8.02. The third kappa shape index (κ3) is 1.35. The van der Waals surface area contributed by atoms with Crippen molar-refractivity contribution in [2.24, 2.45) is 7.05 Å². The Bertz CT molecular complexity index is 433. The van der Waals surface area contributed by atoms with E-state index in [0.29, 0.717) is 0 Å². The summed E-state index contributed by atoms with van der Waals surface area (Å²) < 4.78 is 1.76. The summed E-state index contributed by atoms with van der Waals surface area (Å²) in [5.74, 6) is 0.870. The number of para-hydroxylation sites is 1. The van der Waals surface area contributed by atoms with Crippen LogP contribution in [-0.4, -0.2) is 21.8 Å². The number of benzene rings is 1. The molecule has 0 amide bonds. The molecule has 72 valence electrons. The van der Waals surface area contributed by atoms with Crippen molar-refractivity contribution in [3.63, 3.8) is 0 Å². The Morgan fingerprint density at radius 3 is 2.71 bits per heavy atom. The van der Waals surface area contributed by atoms with Gasteiger partial charge in [0.15, 0.2) is 5.82 Å². The average molecular weight is 188 g/mol. The summed E-state index contributed by atoms with van der Waals surface area (Å²) in [5, 5.41) is 7.18. The summed E-state index contributed by atoms with van der Waals surface area (Å²) in [7, 11) is 3.78. The van der Waals surface area contributed by atoms with Gasteiger partial charge in [0.25, 0.3) is 0 Å². The fourth-order valence-corrected chi connectivity index (χ4v) is 1.44. The molecule has 2 rings (SSSR count). The minimum atomic E-state index is 0.870. The SMILES string of the molecule is CNc1ccccc1-c1ncnn1C. The highest BCUT2D eigenvalue weighted by Crippen LogP contribution is 2.24. The van der Waals surface area contributed by atoms with Crippen molar-refractivity contribution in [1.82, 2.24) is 14.8 Å². The second-order valence-corrected chi connectivity index (χ2v) is 3.00. The van der Waals surface area contributed by atoms with Gasteiger partial charge in [-0.05, 0) is 12.1 Å². The van der Waals surface area contributed by atoms with Crippen LogP contribution >= 0.6 is 0 Å². The molecule has 4 heteroatoms. The predicted molar refractivity (Wildman–Crippen MR) is 56.0 cm³/mol. The number of anilines is 1. The van der Waals surface area contributed by atoms with Crippen LogP contribution in [0.4, 0.5) is 5.69 Å². The number of aryl methyl sites for hydroxylation is 1. The predicted octanol–water partition coefficient (Wildman–Crippen LogP) is 1.52. The molecular weight excluding hydrogens is 176 g/mol. The van der Waals surface area contributed by atoms with E-state index >= 15 is 0 Å². The molecule has 14 heavy (non-hydrogen) atoms. The van der Waals surface area contributed by atoms with Crippen LogP contribution in [0.5, 0.6) is 0 Å². The van der Waals surface area contributed by atoms with Crippen LogP contribution in [0.15, 0.2) is 30.6 Å². The van der Waals surface area contributed by atoms with Gasteiger partial charge in [0, 0.05) is 25.3 Å². The van der Waals surface area contributed by atoms with E-state index in [9.17, 15) is 0 Å². The Hall–Kier alpha value is -1.84. The van der Waals surface area contributed by atoms with Crippen LogP contribution in [0.1, 0.15) is 0 Å². The number of aromatic nitrogens is 3. The molecule has 0 aliphatic rings. The van der Waals surface area contributed by atoms with Gasteiger partial charge in [-0.3, -0.25) is 0 Å². The summed E-state index contributed by atoms with van der Waals surface area (Å²) >= 11 is 0. The van der Waals surface area contributed by atoms with E-state index in [4.69, 9.17) is 0 Å². The van der Waals surface area contributed by atoms with E-state index in [1.807, 2.05) is 38.4 Å². The Kier molecular flexibility index (Phi) is 2.18. The van der Waals surface area contributed by atoms with Crippen molar-refractivity contribution in [1.29, 1.82) is 0 Å². The molecular formula is C10H12N4. The second kappa shape index (κ2) is 3.49. The lowest BCUT2D eigenvalue weighted by molar-refractivity contribution is 0.775. The Morgan fingerprint density at radius 2 is 2.07 bits per heavy atom. The van der Waals surface area contributed by atoms with Crippen molar-refractivity contribution < 1.29 is 0 Å². The van der Waals surface area contributed by atoms with E-state index in [-0.39, 0.29) is 0 Å². The molecule has 4 nitrogen and oxygen atoms in total. The maximum atomic E-state index is 4.21. The fourth-order valence-electron chi connectivity index (χ4n) is 1.44. The lowest BCUT2D eigenvalue weighted by Gasteiger charge is -2.07. The molecule has 1 aromatic heterocycles. The molecule has 1 N–H and O–H groups in total. The molecule has 0 saturated carbocycles. The summed E-state index contributed by atoms with van der Waals surface area (Å²) in [6.07, 6.45) is 1.56. The Balaban J connectivity index is 2.56. The normalized spacial score (nSPS) is 10.1. The van der Waals surface area contributed by atoms with E-state index in [0.717, 1.165) is 17.1 Å². The molecule has 0 atom stereocenters. The summed E-state index contributed by atoms with van der Waals surface area (Å²) in [4.78, 5) is 4.21. The molecule has 1 heterocycles.